The van der Waals surface area contributed by atoms with E-state index >= 15 is 0 Å². The van der Waals surface area contributed by atoms with E-state index in [4.69, 9.17) is 27.7 Å². The Morgan fingerprint density at radius 1 is 1.07 bits per heavy atom. The second-order valence-corrected chi connectivity index (χ2v) is 6.77. The van der Waals surface area contributed by atoms with Gasteiger partial charge in [0, 0.05) is 23.4 Å². The van der Waals surface area contributed by atoms with Crippen molar-refractivity contribution in [1.29, 1.82) is 0 Å². The van der Waals surface area contributed by atoms with E-state index in [-0.39, 0.29) is 17.2 Å². The first-order valence-corrected chi connectivity index (χ1v) is 9.28. The van der Waals surface area contributed by atoms with Crippen molar-refractivity contribution in [2.24, 2.45) is 0 Å². The normalized spacial score (nSPS) is 10.6. The van der Waals surface area contributed by atoms with E-state index in [1.807, 2.05) is 6.92 Å². The molecule has 8 heteroatoms. The second-order valence-electron chi connectivity index (χ2n) is 5.95. The summed E-state index contributed by atoms with van der Waals surface area (Å²) in [6, 6.07) is 11.6. The van der Waals surface area contributed by atoms with E-state index in [9.17, 15) is 9.59 Å². The van der Waals surface area contributed by atoms with Gasteiger partial charge in [-0.3, -0.25) is 9.59 Å². The minimum absolute atomic E-state index is 0.219. The number of anilines is 1. The number of benzene rings is 2. The van der Waals surface area contributed by atoms with Gasteiger partial charge in [-0.15, -0.1) is 0 Å². The van der Waals surface area contributed by atoms with E-state index in [0.717, 1.165) is 0 Å². The van der Waals surface area contributed by atoms with Gasteiger partial charge in [-0.05, 0) is 44.2 Å². The van der Waals surface area contributed by atoms with Gasteiger partial charge in [-0.2, -0.15) is 0 Å². The van der Waals surface area contributed by atoms with E-state index < -0.39 is 5.91 Å². The Kier molecular flexibility index (Phi) is 6.02. The standard InChI is InChI=1S/C20H17Cl2N3O3/c1-3-23-19(26)12-6-4-7-13(10-12)24-20(27)16-11(2)28-25-18(16)17-14(21)8-5-9-15(17)22/h4-10H,3H2,1-2H3,(H,23,26)(H,24,27). The summed E-state index contributed by atoms with van der Waals surface area (Å²) in [6.45, 7) is 3.97. The number of carbonyl (C=O) groups excluding carboxylic acids is 2. The molecule has 144 valence electrons. The molecule has 3 aromatic rings. The molecule has 0 fully saturated rings. The maximum absolute atomic E-state index is 12.9. The summed E-state index contributed by atoms with van der Waals surface area (Å²) in [5.41, 5.74) is 1.80. The molecule has 0 saturated carbocycles. The first-order chi connectivity index (χ1) is 13.4. The van der Waals surface area contributed by atoms with Gasteiger partial charge in [0.05, 0.1) is 10.0 Å². The first kappa shape index (κ1) is 19.9. The molecule has 28 heavy (non-hydrogen) atoms. The zero-order chi connectivity index (χ0) is 20.3. The van der Waals surface area contributed by atoms with Crippen LogP contribution in [0.2, 0.25) is 10.0 Å². The lowest BCUT2D eigenvalue weighted by Crippen LogP contribution is -2.22. The minimum Gasteiger partial charge on any atom is -0.360 e. The van der Waals surface area contributed by atoms with Gasteiger partial charge < -0.3 is 15.2 Å². The zero-order valence-electron chi connectivity index (χ0n) is 15.2. The third kappa shape index (κ3) is 4.03. The molecule has 0 bridgehead atoms. The Morgan fingerprint density at radius 2 is 1.75 bits per heavy atom. The quantitative estimate of drug-likeness (QED) is 0.614. The molecule has 1 aromatic heterocycles. The number of rotatable bonds is 5. The van der Waals surface area contributed by atoms with E-state index in [2.05, 4.69) is 15.8 Å². The van der Waals surface area contributed by atoms with Gasteiger partial charge in [-0.1, -0.05) is 40.5 Å². The lowest BCUT2D eigenvalue weighted by molar-refractivity contribution is 0.0954. The third-order valence-corrected chi connectivity index (χ3v) is 4.64. The number of nitrogens with one attached hydrogen (secondary N) is 2. The van der Waals surface area contributed by atoms with Gasteiger partial charge in [0.2, 0.25) is 0 Å². The SMILES string of the molecule is CCNC(=O)c1cccc(NC(=O)c2c(-c3c(Cl)cccc3Cl)noc2C)c1. The van der Waals surface area contributed by atoms with Crippen molar-refractivity contribution in [3.05, 3.63) is 69.4 Å². The third-order valence-electron chi connectivity index (χ3n) is 4.01. The summed E-state index contributed by atoms with van der Waals surface area (Å²) in [6.07, 6.45) is 0. The van der Waals surface area contributed by atoms with Crippen molar-refractivity contribution in [2.45, 2.75) is 13.8 Å². The topological polar surface area (TPSA) is 84.2 Å². The predicted molar refractivity (Wildman–Crippen MR) is 109 cm³/mol. The number of aromatic nitrogens is 1. The number of halogens is 2. The summed E-state index contributed by atoms with van der Waals surface area (Å²) in [5.74, 6) is -0.343. The first-order valence-electron chi connectivity index (χ1n) is 8.52. The zero-order valence-corrected chi connectivity index (χ0v) is 16.7. The molecule has 2 amide bonds. The van der Waals surface area contributed by atoms with Crippen molar-refractivity contribution in [1.82, 2.24) is 10.5 Å². The summed E-state index contributed by atoms with van der Waals surface area (Å²) >= 11 is 12.5. The van der Waals surface area contributed by atoms with Crippen LogP contribution in [0.4, 0.5) is 5.69 Å². The molecule has 0 atom stereocenters. The molecule has 0 radical (unpaired) electrons. The Morgan fingerprint density at radius 3 is 2.43 bits per heavy atom. The Balaban J connectivity index is 1.94. The van der Waals surface area contributed by atoms with Gasteiger partial charge in [0.15, 0.2) is 0 Å². The number of hydrogen-bond donors (Lipinski definition) is 2. The Labute approximate surface area is 171 Å². The monoisotopic (exact) mass is 417 g/mol. The summed E-state index contributed by atoms with van der Waals surface area (Å²) in [5, 5.41) is 10.2. The van der Waals surface area contributed by atoms with Crippen molar-refractivity contribution in [3.8, 4) is 11.3 Å². The van der Waals surface area contributed by atoms with Crippen LogP contribution in [0.25, 0.3) is 11.3 Å². The Hall–Kier alpha value is -2.83. The highest BCUT2D eigenvalue weighted by molar-refractivity contribution is 6.39. The van der Waals surface area contributed by atoms with Crippen LogP contribution in [-0.2, 0) is 0 Å². The second kappa shape index (κ2) is 8.46. The summed E-state index contributed by atoms with van der Waals surface area (Å²) in [7, 11) is 0. The largest absolute Gasteiger partial charge is 0.360 e. The molecule has 0 saturated heterocycles. The lowest BCUT2D eigenvalue weighted by Gasteiger charge is -2.09. The minimum atomic E-state index is -0.446. The predicted octanol–water partition coefficient (Wildman–Crippen LogP) is 4.96. The molecule has 1 heterocycles. The van der Waals surface area contributed by atoms with Crippen molar-refractivity contribution < 1.29 is 14.1 Å². The fourth-order valence-electron chi connectivity index (χ4n) is 2.73. The molecular weight excluding hydrogens is 401 g/mol. The van der Waals surface area contributed by atoms with E-state index in [0.29, 0.717) is 39.2 Å². The van der Waals surface area contributed by atoms with Gasteiger partial charge >= 0.3 is 0 Å². The van der Waals surface area contributed by atoms with Crippen molar-refractivity contribution in [2.75, 3.05) is 11.9 Å². The highest BCUT2D eigenvalue weighted by Gasteiger charge is 2.25. The molecule has 0 aliphatic carbocycles. The molecule has 0 unspecified atom stereocenters. The van der Waals surface area contributed by atoms with Crippen LogP contribution >= 0.6 is 23.2 Å². The highest BCUT2D eigenvalue weighted by atomic mass is 35.5. The van der Waals surface area contributed by atoms with Crippen molar-refractivity contribution in [3.63, 3.8) is 0 Å². The highest BCUT2D eigenvalue weighted by Crippen LogP contribution is 2.37. The number of aryl methyl sites for hydroxylation is 1. The summed E-state index contributed by atoms with van der Waals surface area (Å²) in [4.78, 5) is 24.9. The smallest absolute Gasteiger partial charge is 0.261 e. The molecule has 3 rings (SSSR count). The van der Waals surface area contributed by atoms with Crippen molar-refractivity contribution >= 4 is 40.7 Å². The van der Waals surface area contributed by atoms with Crippen LogP contribution in [0.15, 0.2) is 47.0 Å². The molecule has 0 spiro atoms. The van der Waals surface area contributed by atoms with E-state index in [1.54, 1.807) is 49.4 Å². The molecular formula is C20H17Cl2N3O3. The lowest BCUT2D eigenvalue weighted by atomic mass is 10.1. The average molecular weight is 418 g/mol. The van der Waals surface area contributed by atoms with Gasteiger partial charge in [0.25, 0.3) is 11.8 Å². The molecule has 2 aromatic carbocycles. The van der Waals surface area contributed by atoms with Crippen LogP contribution in [0.3, 0.4) is 0 Å². The van der Waals surface area contributed by atoms with Crippen LogP contribution in [0.1, 0.15) is 33.4 Å². The van der Waals surface area contributed by atoms with Crippen LogP contribution in [0.5, 0.6) is 0 Å². The van der Waals surface area contributed by atoms with Crippen LogP contribution in [-0.4, -0.2) is 23.5 Å². The van der Waals surface area contributed by atoms with Gasteiger partial charge in [0.1, 0.15) is 17.0 Å². The summed E-state index contributed by atoms with van der Waals surface area (Å²) < 4.78 is 5.22. The average Bonchev–Trinajstić information content (AvgIpc) is 3.03. The molecule has 6 nitrogen and oxygen atoms in total. The Bertz CT molecular complexity index is 1030. The van der Waals surface area contributed by atoms with Gasteiger partial charge in [-0.25, -0.2) is 0 Å². The maximum Gasteiger partial charge on any atom is 0.261 e. The number of nitrogens with zero attached hydrogens (tertiary/aromatic N) is 1. The van der Waals surface area contributed by atoms with Crippen LogP contribution < -0.4 is 10.6 Å². The number of carbonyl (C=O) groups is 2. The molecule has 2 N–H and O–H groups in total. The number of hydrogen-bond acceptors (Lipinski definition) is 4. The van der Waals surface area contributed by atoms with Crippen LogP contribution in [0, 0.1) is 6.92 Å². The molecule has 0 aliphatic rings. The van der Waals surface area contributed by atoms with E-state index in [1.165, 1.54) is 0 Å². The fraction of sp³-hybridized carbons (Fsp3) is 0.150. The number of amides is 2. The fourth-order valence-corrected chi connectivity index (χ4v) is 3.31. The molecule has 0 aliphatic heterocycles. The maximum atomic E-state index is 12.9.